The van der Waals surface area contributed by atoms with Crippen molar-refractivity contribution in [3.05, 3.63) is 0 Å². The van der Waals surface area contributed by atoms with Gasteiger partial charge in [-0.05, 0) is 64.2 Å². The number of hydrogen-bond donors (Lipinski definition) is 2. The molecule has 0 bridgehead atoms. The minimum Gasteiger partial charge on any atom is -0.273 e. The predicted molar refractivity (Wildman–Crippen MR) is 123 cm³/mol. The second-order valence-corrected chi connectivity index (χ2v) is 8.88. The second kappa shape index (κ2) is 16.0. The van der Waals surface area contributed by atoms with Gasteiger partial charge in [0.2, 0.25) is 11.8 Å². The molecular formula is C24H42N4O2. The summed E-state index contributed by atoms with van der Waals surface area (Å²) >= 11 is 0. The fourth-order valence-electron chi connectivity index (χ4n) is 4.17. The quantitative estimate of drug-likeness (QED) is 0.294. The summed E-state index contributed by atoms with van der Waals surface area (Å²) in [4.78, 5) is 23.7. The van der Waals surface area contributed by atoms with Crippen LogP contribution in [-0.2, 0) is 9.59 Å². The van der Waals surface area contributed by atoms with Gasteiger partial charge >= 0.3 is 0 Å². The Kier molecular flexibility index (Phi) is 13.1. The molecule has 2 amide bonds. The normalized spacial score (nSPS) is 16.8. The van der Waals surface area contributed by atoms with Crippen molar-refractivity contribution < 1.29 is 9.59 Å². The highest BCUT2D eigenvalue weighted by Gasteiger charge is 2.08. The fourth-order valence-corrected chi connectivity index (χ4v) is 4.17. The van der Waals surface area contributed by atoms with Crippen molar-refractivity contribution in [2.45, 2.75) is 128 Å². The summed E-state index contributed by atoms with van der Waals surface area (Å²) in [6.07, 6.45) is 21.6. The van der Waals surface area contributed by atoms with Crippen molar-refractivity contribution in [3.8, 4) is 0 Å². The molecule has 0 unspecified atom stereocenters. The van der Waals surface area contributed by atoms with Crippen molar-refractivity contribution in [3.63, 3.8) is 0 Å². The largest absolute Gasteiger partial charge is 0.273 e. The van der Waals surface area contributed by atoms with E-state index in [1.54, 1.807) is 0 Å². The summed E-state index contributed by atoms with van der Waals surface area (Å²) < 4.78 is 0. The number of carbonyl (C=O) groups excluding carboxylic acids is 2. The minimum atomic E-state index is 0.0555. The number of nitrogens with zero attached hydrogens (tertiary/aromatic N) is 2. The van der Waals surface area contributed by atoms with Crippen LogP contribution in [0.4, 0.5) is 0 Å². The molecule has 2 N–H and O–H groups in total. The van der Waals surface area contributed by atoms with Crippen LogP contribution in [0.25, 0.3) is 0 Å². The van der Waals surface area contributed by atoms with E-state index in [0.29, 0.717) is 12.8 Å². The summed E-state index contributed by atoms with van der Waals surface area (Å²) in [5.74, 6) is 0.111. The third-order valence-electron chi connectivity index (χ3n) is 6.10. The summed E-state index contributed by atoms with van der Waals surface area (Å²) in [5, 5.41) is 8.54. The highest BCUT2D eigenvalue weighted by Crippen LogP contribution is 2.15. The van der Waals surface area contributed by atoms with E-state index in [2.05, 4.69) is 21.1 Å². The van der Waals surface area contributed by atoms with Crippen LogP contribution in [0.15, 0.2) is 10.2 Å². The van der Waals surface area contributed by atoms with Gasteiger partial charge in [-0.1, -0.05) is 51.4 Å². The Bertz CT molecular complexity index is 506. The first-order valence-electron chi connectivity index (χ1n) is 12.4. The second-order valence-electron chi connectivity index (χ2n) is 8.88. The molecule has 6 nitrogen and oxygen atoms in total. The van der Waals surface area contributed by atoms with Gasteiger partial charge in [0.15, 0.2) is 0 Å². The van der Waals surface area contributed by atoms with Crippen LogP contribution in [0.5, 0.6) is 0 Å². The Balaban J connectivity index is 1.34. The Morgan fingerprint density at radius 1 is 0.533 bits per heavy atom. The zero-order chi connectivity index (χ0) is 21.3. The van der Waals surface area contributed by atoms with Gasteiger partial charge in [0.1, 0.15) is 0 Å². The van der Waals surface area contributed by atoms with Gasteiger partial charge in [0, 0.05) is 24.3 Å². The highest BCUT2D eigenvalue weighted by atomic mass is 16.2. The van der Waals surface area contributed by atoms with Crippen LogP contribution in [0, 0.1) is 0 Å². The first-order valence-corrected chi connectivity index (χ1v) is 12.4. The number of nitrogens with one attached hydrogen (secondary N) is 2. The minimum absolute atomic E-state index is 0.0555. The Hall–Kier alpha value is -1.72. The number of carbonyl (C=O) groups is 2. The molecule has 170 valence electrons. The molecule has 0 aromatic rings. The molecule has 6 heteroatoms. The van der Waals surface area contributed by atoms with Crippen LogP contribution in [0.2, 0.25) is 0 Å². The van der Waals surface area contributed by atoms with Gasteiger partial charge in [-0.25, -0.2) is 10.9 Å². The lowest BCUT2D eigenvalue weighted by Gasteiger charge is -2.12. The molecule has 0 aromatic carbocycles. The van der Waals surface area contributed by atoms with Crippen LogP contribution in [-0.4, -0.2) is 23.2 Å². The van der Waals surface area contributed by atoms with Crippen molar-refractivity contribution in [2.24, 2.45) is 10.2 Å². The summed E-state index contributed by atoms with van der Waals surface area (Å²) in [6, 6.07) is 0. The van der Waals surface area contributed by atoms with E-state index in [-0.39, 0.29) is 11.8 Å². The molecule has 0 saturated heterocycles. The molecule has 0 aliphatic heterocycles. The van der Waals surface area contributed by atoms with E-state index >= 15 is 0 Å². The van der Waals surface area contributed by atoms with E-state index in [4.69, 9.17) is 0 Å². The Morgan fingerprint density at radius 3 is 1.23 bits per heavy atom. The molecule has 2 rings (SSSR count). The average Bonchev–Trinajstić information content (AvgIpc) is 2.79. The topological polar surface area (TPSA) is 82.9 Å². The smallest absolute Gasteiger partial charge is 0.240 e. The number of hydrogen-bond acceptors (Lipinski definition) is 4. The molecule has 0 spiro atoms. The lowest BCUT2D eigenvalue weighted by molar-refractivity contribution is -0.122. The number of unbranched alkanes of at least 4 members (excludes halogenated alkanes) is 7. The maximum Gasteiger partial charge on any atom is 0.240 e. The molecule has 2 aliphatic carbocycles. The first-order chi connectivity index (χ1) is 14.7. The van der Waals surface area contributed by atoms with Crippen LogP contribution in [0.1, 0.15) is 128 Å². The number of hydrazone groups is 2. The van der Waals surface area contributed by atoms with Crippen LogP contribution < -0.4 is 10.9 Å². The fraction of sp³-hybridized carbons (Fsp3) is 0.833. The summed E-state index contributed by atoms with van der Waals surface area (Å²) in [7, 11) is 0. The molecule has 0 heterocycles. The van der Waals surface area contributed by atoms with Crippen LogP contribution in [0.3, 0.4) is 0 Å². The maximum absolute atomic E-state index is 11.8. The molecule has 2 saturated carbocycles. The average molecular weight is 419 g/mol. The van der Waals surface area contributed by atoms with Gasteiger partial charge in [-0.2, -0.15) is 10.2 Å². The van der Waals surface area contributed by atoms with Crippen molar-refractivity contribution in [1.29, 1.82) is 0 Å². The predicted octanol–water partition coefficient (Wildman–Crippen LogP) is 5.76. The van der Waals surface area contributed by atoms with E-state index < -0.39 is 0 Å². The van der Waals surface area contributed by atoms with E-state index in [1.165, 1.54) is 64.2 Å². The number of rotatable bonds is 13. The first kappa shape index (κ1) is 24.5. The van der Waals surface area contributed by atoms with Gasteiger partial charge in [0.25, 0.3) is 0 Å². The monoisotopic (exact) mass is 418 g/mol. The number of amides is 2. The zero-order valence-electron chi connectivity index (χ0n) is 18.9. The third-order valence-corrected chi connectivity index (χ3v) is 6.10. The van der Waals surface area contributed by atoms with Gasteiger partial charge in [-0.15, -0.1) is 0 Å². The lowest BCUT2D eigenvalue weighted by Crippen LogP contribution is -2.20. The SMILES string of the molecule is O=C(CCCCCCCCCCC(=O)NN=C1CCCCC1)NN=C1CCCCC1. The molecule has 0 atom stereocenters. The third kappa shape index (κ3) is 12.1. The van der Waals surface area contributed by atoms with Crippen molar-refractivity contribution >= 4 is 23.2 Å². The zero-order valence-corrected chi connectivity index (χ0v) is 18.9. The summed E-state index contributed by atoms with van der Waals surface area (Å²) in [6.45, 7) is 0. The van der Waals surface area contributed by atoms with Crippen molar-refractivity contribution in [1.82, 2.24) is 10.9 Å². The summed E-state index contributed by atoms with van der Waals surface area (Å²) in [5.41, 5.74) is 7.76. The van der Waals surface area contributed by atoms with Gasteiger partial charge in [0.05, 0.1) is 0 Å². The molecule has 30 heavy (non-hydrogen) atoms. The van der Waals surface area contributed by atoms with Gasteiger partial charge in [-0.3, -0.25) is 9.59 Å². The van der Waals surface area contributed by atoms with Crippen molar-refractivity contribution in [2.75, 3.05) is 0 Å². The van der Waals surface area contributed by atoms with E-state index in [0.717, 1.165) is 62.8 Å². The molecule has 2 aliphatic rings. The molecular weight excluding hydrogens is 376 g/mol. The van der Waals surface area contributed by atoms with E-state index in [9.17, 15) is 9.59 Å². The van der Waals surface area contributed by atoms with Crippen LogP contribution >= 0.6 is 0 Å². The van der Waals surface area contributed by atoms with Gasteiger partial charge < -0.3 is 0 Å². The Labute approximate surface area is 182 Å². The maximum atomic E-state index is 11.8. The molecule has 2 fully saturated rings. The van der Waals surface area contributed by atoms with E-state index in [1.807, 2.05) is 0 Å². The highest BCUT2D eigenvalue weighted by molar-refractivity contribution is 5.87. The Morgan fingerprint density at radius 2 is 0.867 bits per heavy atom. The molecule has 0 aromatic heterocycles. The molecule has 0 radical (unpaired) electrons. The standard InChI is InChI=1S/C24H42N4O2/c29-23(27-25-21-15-9-7-10-16-21)19-13-5-3-1-2-4-6-14-20-24(30)28-26-22-17-11-8-12-18-22/h1-20H2,(H,27,29)(H,28,30). The lowest BCUT2D eigenvalue weighted by atomic mass is 9.99.